The van der Waals surface area contributed by atoms with E-state index in [2.05, 4.69) is 5.32 Å². The molecule has 0 aromatic heterocycles. The maximum Gasteiger partial charge on any atom is 0.325 e. The number of nitrogens with one attached hydrogen (secondary N) is 1. The first-order valence-electron chi connectivity index (χ1n) is 5.70. The third-order valence-electron chi connectivity index (χ3n) is 2.86. The number of hydrogen-bond acceptors (Lipinski definition) is 2. The van der Waals surface area contributed by atoms with E-state index < -0.39 is 17.8 Å². The summed E-state index contributed by atoms with van der Waals surface area (Å²) in [6, 6.07) is 3.42. The Hall–Kier alpha value is -1.42. The summed E-state index contributed by atoms with van der Waals surface area (Å²) in [6.45, 7) is 5.66. The molecule has 0 saturated carbocycles. The van der Waals surface area contributed by atoms with Gasteiger partial charge in [0.25, 0.3) is 0 Å². The molecule has 1 aromatic carbocycles. The molecule has 0 bridgehead atoms. The zero-order chi connectivity index (χ0) is 13.0. The summed E-state index contributed by atoms with van der Waals surface area (Å²) < 4.78 is 13.2. The number of halogens is 1. The van der Waals surface area contributed by atoms with Crippen LogP contribution in [0.4, 0.5) is 4.39 Å². The summed E-state index contributed by atoms with van der Waals surface area (Å²) >= 11 is 0. The Kier molecular flexibility index (Phi) is 4.63. The van der Waals surface area contributed by atoms with Crippen LogP contribution in [0.25, 0.3) is 0 Å². The first kappa shape index (κ1) is 13.6. The van der Waals surface area contributed by atoms with Gasteiger partial charge in [0.15, 0.2) is 0 Å². The molecule has 2 atom stereocenters. The summed E-state index contributed by atoms with van der Waals surface area (Å²) in [7, 11) is 0. The topological polar surface area (TPSA) is 49.3 Å². The molecule has 2 N–H and O–H groups in total. The van der Waals surface area contributed by atoms with Crippen molar-refractivity contribution in [2.24, 2.45) is 0 Å². The number of carboxylic acid groups (broad SMARTS) is 1. The fraction of sp³-hybridized carbons (Fsp3) is 0.462. The minimum absolute atomic E-state index is 0.0683. The zero-order valence-corrected chi connectivity index (χ0v) is 10.3. The van der Waals surface area contributed by atoms with Gasteiger partial charge in [0.05, 0.1) is 0 Å². The van der Waals surface area contributed by atoms with Crippen molar-refractivity contribution >= 4 is 5.97 Å². The van der Waals surface area contributed by atoms with Gasteiger partial charge >= 0.3 is 5.97 Å². The molecular formula is C13H18FNO2. The van der Waals surface area contributed by atoms with Crippen molar-refractivity contribution in [3.05, 3.63) is 35.1 Å². The van der Waals surface area contributed by atoms with Crippen LogP contribution < -0.4 is 5.32 Å². The molecule has 0 radical (unpaired) electrons. The average molecular weight is 239 g/mol. The monoisotopic (exact) mass is 239 g/mol. The van der Waals surface area contributed by atoms with E-state index in [4.69, 9.17) is 0 Å². The van der Waals surface area contributed by atoms with Crippen molar-refractivity contribution in [3.63, 3.8) is 0 Å². The molecule has 0 heterocycles. The Morgan fingerprint density at radius 3 is 2.71 bits per heavy atom. The average Bonchev–Trinajstić information content (AvgIpc) is 2.28. The lowest BCUT2D eigenvalue weighted by molar-refractivity contribution is -0.139. The van der Waals surface area contributed by atoms with E-state index in [0.717, 1.165) is 12.0 Å². The normalized spacial score (nSPS) is 14.4. The highest BCUT2D eigenvalue weighted by Gasteiger charge is 2.23. The van der Waals surface area contributed by atoms with Crippen LogP contribution in [0.3, 0.4) is 0 Å². The molecule has 1 rings (SSSR count). The second-order valence-electron chi connectivity index (χ2n) is 4.25. The van der Waals surface area contributed by atoms with E-state index in [9.17, 15) is 14.3 Å². The Balaban J connectivity index is 3.05. The summed E-state index contributed by atoms with van der Waals surface area (Å²) in [5.74, 6) is -1.40. The third kappa shape index (κ3) is 3.53. The SMILES string of the molecule is CCC(C)NC(C(=O)O)c1cc(F)ccc1C. The Morgan fingerprint density at radius 2 is 2.18 bits per heavy atom. The molecule has 2 unspecified atom stereocenters. The lowest BCUT2D eigenvalue weighted by Crippen LogP contribution is -2.35. The molecule has 1 aromatic rings. The van der Waals surface area contributed by atoms with Crippen molar-refractivity contribution in [1.29, 1.82) is 0 Å². The molecule has 0 aliphatic heterocycles. The second kappa shape index (κ2) is 5.77. The van der Waals surface area contributed by atoms with Crippen molar-refractivity contribution in [3.8, 4) is 0 Å². The van der Waals surface area contributed by atoms with E-state index in [1.165, 1.54) is 12.1 Å². The third-order valence-corrected chi connectivity index (χ3v) is 2.86. The first-order valence-corrected chi connectivity index (χ1v) is 5.70. The van der Waals surface area contributed by atoms with Crippen LogP contribution >= 0.6 is 0 Å². The molecule has 0 spiro atoms. The zero-order valence-electron chi connectivity index (χ0n) is 10.3. The lowest BCUT2D eigenvalue weighted by Gasteiger charge is -2.21. The largest absolute Gasteiger partial charge is 0.480 e. The minimum Gasteiger partial charge on any atom is -0.480 e. The highest BCUT2D eigenvalue weighted by Crippen LogP contribution is 2.20. The summed E-state index contributed by atoms with van der Waals surface area (Å²) in [6.07, 6.45) is 0.818. The highest BCUT2D eigenvalue weighted by atomic mass is 19.1. The maximum absolute atomic E-state index is 13.2. The Morgan fingerprint density at radius 1 is 1.53 bits per heavy atom. The van der Waals surface area contributed by atoms with Crippen LogP contribution in [0.1, 0.15) is 37.4 Å². The number of benzene rings is 1. The molecule has 0 saturated heterocycles. The fourth-order valence-corrected chi connectivity index (χ4v) is 1.62. The van der Waals surface area contributed by atoms with Crippen LogP contribution in [-0.4, -0.2) is 17.1 Å². The number of carboxylic acids is 1. The molecule has 0 amide bonds. The van der Waals surface area contributed by atoms with Crippen molar-refractivity contribution in [2.45, 2.75) is 39.3 Å². The predicted octanol–water partition coefficient (Wildman–Crippen LogP) is 2.65. The van der Waals surface area contributed by atoms with Crippen LogP contribution in [-0.2, 0) is 4.79 Å². The van der Waals surface area contributed by atoms with Crippen LogP contribution in [0.15, 0.2) is 18.2 Å². The van der Waals surface area contributed by atoms with Gasteiger partial charge in [-0.3, -0.25) is 10.1 Å². The number of rotatable bonds is 5. The number of carbonyl (C=O) groups is 1. The highest BCUT2D eigenvalue weighted by molar-refractivity contribution is 5.76. The van der Waals surface area contributed by atoms with E-state index in [1.807, 2.05) is 13.8 Å². The van der Waals surface area contributed by atoms with Crippen LogP contribution in [0, 0.1) is 12.7 Å². The number of aryl methyl sites for hydroxylation is 1. The van der Waals surface area contributed by atoms with Crippen molar-refractivity contribution < 1.29 is 14.3 Å². The van der Waals surface area contributed by atoms with Gasteiger partial charge in [-0.1, -0.05) is 13.0 Å². The molecule has 3 nitrogen and oxygen atoms in total. The standard InChI is InChI=1S/C13H18FNO2/c1-4-9(3)15-12(13(16)17)11-7-10(14)6-5-8(11)2/h5-7,9,12,15H,4H2,1-3H3,(H,16,17). The van der Waals surface area contributed by atoms with Gasteiger partial charge in [0, 0.05) is 6.04 Å². The first-order chi connectivity index (χ1) is 7.95. The van der Waals surface area contributed by atoms with Gasteiger partial charge in [0.1, 0.15) is 11.9 Å². The van der Waals surface area contributed by atoms with Gasteiger partial charge in [-0.05, 0) is 43.5 Å². The van der Waals surface area contributed by atoms with E-state index in [1.54, 1.807) is 13.0 Å². The molecule has 4 heteroatoms. The predicted molar refractivity (Wildman–Crippen MR) is 64.4 cm³/mol. The summed E-state index contributed by atoms with van der Waals surface area (Å²) in [5, 5.41) is 12.2. The van der Waals surface area contributed by atoms with E-state index in [0.29, 0.717) is 5.56 Å². The quantitative estimate of drug-likeness (QED) is 0.830. The molecular weight excluding hydrogens is 221 g/mol. The Labute approximate surface area is 101 Å². The van der Waals surface area contributed by atoms with E-state index >= 15 is 0 Å². The van der Waals surface area contributed by atoms with Gasteiger partial charge in [-0.2, -0.15) is 0 Å². The summed E-state index contributed by atoms with van der Waals surface area (Å²) in [4.78, 5) is 11.2. The molecule has 0 aliphatic carbocycles. The lowest BCUT2D eigenvalue weighted by atomic mass is 10.00. The van der Waals surface area contributed by atoms with Gasteiger partial charge in [-0.25, -0.2) is 4.39 Å². The van der Waals surface area contributed by atoms with Crippen molar-refractivity contribution in [2.75, 3.05) is 0 Å². The van der Waals surface area contributed by atoms with Gasteiger partial charge < -0.3 is 5.11 Å². The molecule has 17 heavy (non-hydrogen) atoms. The Bertz CT molecular complexity index is 406. The minimum atomic E-state index is -0.987. The van der Waals surface area contributed by atoms with Gasteiger partial charge in [0.2, 0.25) is 0 Å². The van der Waals surface area contributed by atoms with Gasteiger partial charge in [-0.15, -0.1) is 0 Å². The maximum atomic E-state index is 13.2. The van der Waals surface area contributed by atoms with Crippen LogP contribution in [0.5, 0.6) is 0 Å². The second-order valence-corrected chi connectivity index (χ2v) is 4.25. The summed E-state index contributed by atoms with van der Waals surface area (Å²) in [5.41, 5.74) is 1.26. The van der Waals surface area contributed by atoms with E-state index in [-0.39, 0.29) is 6.04 Å². The molecule has 0 aliphatic rings. The van der Waals surface area contributed by atoms with Crippen molar-refractivity contribution in [1.82, 2.24) is 5.32 Å². The van der Waals surface area contributed by atoms with Crippen LogP contribution in [0.2, 0.25) is 0 Å². The molecule has 94 valence electrons. The number of hydrogen-bond donors (Lipinski definition) is 2. The molecule has 0 fully saturated rings. The fourth-order valence-electron chi connectivity index (χ4n) is 1.62. The number of aliphatic carboxylic acids is 1. The smallest absolute Gasteiger partial charge is 0.325 e.